The molecule has 1 aliphatic rings. The summed E-state index contributed by atoms with van der Waals surface area (Å²) in [5.41, 5.74) is 2.10. The molecule has 180 valence electrons. The summed E-state index contributed by atoms with van der Waals surface area (Å²) in [5, 5.41) is 3.71. The molecule has 7 nitrogen and oxygen atoms in total. The highest BCUT2D eigenvalue weighted by atomic mass is 35.5. The fraction of sp³-hybridized carbons (Fsp3) is 0.192. The molecule has 3 aromatic carbocycles. The van der Waals surface area contributed by atoms with E-state index < -0.39 is 6.04 Å². The molecular weight excluding hydrogens is 486 g/mol. The average molecular weight is 510 g/mol. The molecule has 0 bridgehead atoms. The van der Waals surface area contributed by atoms with E-state index in [1.54, 1.807) is 61.6 Å². The van der Waals surface area contributed by atoms with Crippen molar-refractivity contribution in [1.82, 2.24) is 4.90 Å². The third-order valence-corrected chi connectivity index (χ3v) is 6.31. The van der Waals surface area contributed by atoms with E-state index in [1.807, 2.05) is 30.3 Å². The number of ether oxygens (including phenoxy) is 2. The number of benzene rings is 3. The SMILES string of the molecule is COc1ccc(CN2C(=S)N(c3ccc(Cl)cc3)C(=O)C2CC(=O)Nc2ccccc2)cc1OC. The first-order valence-corrected chi connectivity index (χ1v) is 11.7. The van der Waals surface area contributed by atoms with Crippen LogP contribution in [0.3, 0.4) is 0 Å². The molecule has 4 rings (SSSR count). The van der Waals surface area contributed by atoms with Gasteiger partial charge in [0.1, 0.15) is 6.04 Å². The molecule has 1 heterocycles. The average Bonchev–Trinajstić information content (AvgIpc) is 3.09. The zero-order valence-electron chi connectivity index (χ0n) is 19.2. The molecule has 1 saturated heterocycles. The van der Waals surface area contributed by atoms with E-state index in [2.05, 4.69) is 5.32 Å². The van der Waals surface area contributed by atoms with E-state index >= 15 is 0 Å². The molecule has 0 spiro atoms. The van der Waals surface area contributed by atoms with Gasteiger partial charge in [-0.05, 0) is 66.3 Å². The number of amides is 2. The monoisotopic (exact) mass is 509 g/mol. The lowest BCUT2D eigenvalue weighted by atomic mass is 10.1. The van der Waals surface area contributed by atoms with Gasteiger partial charge in [-0.1, -0.05) is 35.9 Å². The van der Waals surface area contributed by atoms with E-state index in [0.717, 1.165) is 5.56 Å². The lowest BCUT2D eigenvalue weighted by Gasteiger charge is -2.24. The number of anilines is 2. The second-order valence-electron chi connectivity index (χ2n) is 7.88. The number of hydrogen-bond acceptors (Lipinski definition) is 5. The summed E-state index contributed by atoms with van der Waals surface area (Å²) in [5.74, 6) is 0.598. The molecule has 0 aliphatic carbocycles. The number of nitrogens with zero attached hydrogens (tertiary/aromatic N) is 2. The van der Waals surface area contributed by atoms with Crippen LogP contribution in [0.25, 0.3) is 0 Å². The summed E-state index contributed by atoms with van der Waals surface area (Å²) < 4.78 is 10.7. The van der Waals surface area contributed by atoms with E-state index in [4.69, 9.17) is 33.3 Å². The second kappa shape index (κ2) is 10.8. The third-order valence-electron chi connectivity index (χ3n) is 5.64. The van der Waals surface area contributed by atoms with Crippen LogP contribution in [0, 0.1) is 0 Å². The molecule has 1 fully saturated rings. The minimum absolute atomic E-state index is 0.0642. The number of para-hydroxylation sites is 1. The number of carbonyl (C=O) groups is 2. The van der Waals surface area contributed by atoms with Crippen LogP contribution in [0.2, 0.25) is 5.02 Å². The van der Waals surface area contributed by atoms with Gasteiger partial charge in [-0.25, -0.2) is 0 Å². The van der Waals surface area contributed by atoms with E-state index in [9.17, 15) is 9.59 Å². The topological polar surface area (TPSA) is 71.1 Å². The minimum Gasteiger partial charge on any atom is -0.493 e. The predicted octanol–water partition coefficient (Wildman–Crippen LogP) is 4.89. The van der Waals surface area contributed by atoms with Gasteiger partial charge in [-0.2, -0.15) is 0 Å². The molecule has 1 unspecified atom stereocenters. The normalized spacial score (nSPS) is 15.3. The molecular formula is C26H24ClN3O4S. The maximum atomic E-state index is 13.6. The summed E-state index contributed by atoms with van der Waals surface area (Å²) >= 11 is 11.8. The zero-order valence-corrected chi connectivity index (χ0v) is 20.8. The Hall–Kier alpha value is -3.62. The van der Waals surface area contributed by atoms with Crippen LogP contribution in [-0.2, 0) is 16.1 Å². The number of rotatable bonds is 8. The van der Waals surface area contributed by atoms with Crippen LogP contribution in [-0.4, -0.2) is 42.1 Å². The summed E-state index contributed by atoms with van der Waals surface area (Å²) in [6.45, 7) is 0.304. The second-order valence-corrected chi connectivity index (χ2v) is 8.69. The van der Waals surface area contributed by atoms with E-state index in [1.165, 1.54) is 4.90 Å². The van der Waals surface area contributed by atoms with Crippen LogP contribution in [0.5, 0.6) is 11.5 Å². The fourth-order valence-corrected chi connectivity index (χ4v) is 4.44. The van der Waals surface area contributed by atoms with Gasteiger partial charge in [0.25, 0.3) is 5.91 Å². The minimum atomic E-state index is -0.782. The molecule has 1 aliphatic heterocycles. The molecule has 0 radical (unpaired) electrons. The first-order chi connectivity index (χ1) is 16.9. The summed E-state index contributed by atoms with van der Waals surface area (Å²) in [6, 6.07) is 20.7. The number of thiocarbonyl (C=S) groups is 1. The van der Waals surface area contributed by atoms with Crippen molar-refractivity contribution in [3.8, 4) is 11.5 Å². The van der Waals surface area contributed by atoms with Crippen molar-refractivity contribution in [3.05, 3.63) is 83.4 Å². The molecule has 35 heavy (non-hydrogen) atoms. The van der Waals surface area contributed by atoms with Gasteiger partial charge in [0.15, 0.2) is 16.6 Å². The number of nitrogens with one attached hydrogen (secondary N) is 1. The van der Waals surface area contributed by atoms with Gasteiger partial charge in [0, 0.05) is 17.3 Å². The molecule has 1 atom stereocenters. The first kappa shape index (κ1) is 24.5. The lowest BCUT2D eigenvalue weighted by molar-refractivity contribution is -0.124. The van der Waals surface area contributed by atoms with Crippen molar-refractivity contribution in [2.75, 3.05) is 24.4 Å². The Balaban J connectivity index is 1.63. The Labute approximate surface area is 214 Å². The quantitative estimate of drug-likeness (QED) is 0.436. The highest BCUT2D eigenvalue weighted by Gasteiger charge is 2.44. The summed E-state index contributed by atoms with van der Waals surface area (Å²) in [4.78, 5) is 29.7. The molecule has 2 amide bonds. The highest BCUT2D eigenvalue weighted by Crippen LogP contribution is 2.32. The van der Waals surface area contributed by atoms with E-state index in [-0.39, 0.29) is 18.2 Å². The highest BCUT2D eigenvalue weighted by molar-refractivity contribution is 7.80. The van der Waals surface area contributed by atoms with Crippen LogP contribution in [0.1, 0.15) is 12.0 Å². The van der Waals surface area contributed by atoms with Crippen molar-refractivity contribution in [2.24, 2.45) is 0 Å². The van der Waals surface area contributed by atoms with Crippen molar-refractivity contribution in [1.29, 1.82) is 0 Å². The number of carbonyl (C=O) groups excluding carboxylic acids is 2. The lowest BCUT2D eigenvalue weighted by Crippen LogP contribution is -2.37. The molecule has 3 aromatic rings. The van der Waals surface area contributed by atoms with Crippen LogP contribution in [0.15, 0.2) is 72.8 Å². The zero-order chi connectivity index (χ0) is 24.9. The summed E-state index contributed by atoms with van der Waals surface area (Å²) in [6.07, 6.45) is -0.0642. The largest absolute Gasteiger partial charge is 0.493 e. The Bertz CT molecular complexity index is 1240. The Kier molecular flexibility index (Phi) is 7.53. The van der Waals surface area contributed by atoms with E-state index in [0.29, 0.717) is 39.6 Å². The molecule has 1 N–H and O–H groups in total. The van der Waals surface area contributed by atoms with Gasteiger partial charge >= 0.3 is 0 Å². The van der Waals surface area contributed by atoms with Crippen LogP contribution >= 0.6 is 23.8 Å². The molecule has 0 aromatic heterocycles. The standard InChI is InChI=1S/C26H24ClN3O4S/c1-33-22-13-8-17(14-23(22)34-2)16-29-21(15-24(31)28-19-6-4-3-5-7-19)25(32)30(26(29)35)20-11-9-18(27)10-12-20/h3-14,21H,15-16H2,1-2H3,(H,28,31). The van der Waals surface area contributed by atoms with Gasteiger partial charge < -0.3 is 19.7 Å². The smallest absolute Gasteiger partial charge is 0.256 e. The van der Waals surface area contributed by atoms with Crippen LogP contribution in [0.4, 0.5) is 11.4 Å². The molecule has 0 saturated carbocycles. The first-order valence-electron chi connectivity index (χ1n) is 10.9. The molecule has 9 heteroatoms. The van der Waals surface area contributed by atoms with Crippen molar-refractivity contribution in [2.45, 2.75) is 19.0 Å². The van der Waals surface area contributed by atoms with Gasteiger partial charge in [-0.3, -0.25) is 14.5 Å². The van der Waals surface area contributed by atoms with Gasteiger partial charge in [0.05, 0.1) is 26.3 Å². The van der Waals surface area contributed by atoms with Gasteiger partial charge in [-0.15, -0.1) is 0 Å². The summed E-state index contributed by atoms with van der Waals surface area (Å²) in [7, 11) is 3.13. The predicted molar refractivity (Wildman–Crippen MR) is 140 cm³/mol. The van der Waals surface area contributed by atoms with Gasteiger partial charge in [0.2, 0.25) is 5.91 Å². The Morgan fingerprint density at radius 3 is 2.34 bits per heavy atom. The maximum absolute atomic E-state index is 13.6. The number of halogens is 1. The Morgan fingerprint density at radius 1 is 1.00 bits per heavy atom. The Morgan fingerprint density at radius 2 is 1.69 bits per heavy atom. The fourth-order valence-electron chi connectivity index (χ4n) is 3.93. The maximum Gasteiger partial charge on any atom is 0.256 e. The van der Waals surface area contributed by atoms with Crippen molar-refractivity contribution < 1.29 is 19.1 Å². The van der Waals surface area contributed by atoms with Crippen molar-refractivity contribution >= 4 is 52.1 Å². The van der Waals surface area contributed by atoms with Crippen molar-refractivity contribution in [3.63, 3.8) is 0 Å². The van der Waals surface area contributed by atoms with Crippen LogP contribution < -0.4 is 19.7 Å². The number of methoxy groups -OCH3 is 2. The number of hydrogen-bond donors (Lipinski definition) is 1. The third kappa shape index (κ3) is 5.39.